The molecule has 1 aliphatic rings. The molecule has 1 aromatic heterocycles. The summed E-state index contributed by atoms with van der Waals surface area (Å²) in [6, 6.07) is 6.21. The number of nitrogens with one attached hydrogen (secondary N) is 2. The Morgan fingerprint density at radius 1 is 1.43 bits per heavy atom. The lowest BCUT2D eigenvalue weighted by Gasteiger charge is -2.36. The molecule has 21 heavy (non-hydrogen) atoms. The third kappa shape index (κ3) is 2.35. The van der Waals surface area contributed by atoms with Gasteiger partial charge in [-0.25, -0.2) is 0 Å². The van der Waals surface area contributed by atoms with Crippen LogP contribution in [-0.4, -0.2) is 26.0 Å². The second kappa shape index (κ2) is 5.04. The highest BCUT2D eigenvalue weighted by atomic mass is 32.1. The van der Waals surface area contributed by atoms with Gasteiger partial charge in [-0.3, -0.25) is 15.1 Å². The molecule has 1 aromatic carbocycles. The Hall–Kier alpha value is -2.08. The molecule has 0 spiro atoms. The monoisotopic (exact) mass is 303 g/mol. The van der Waals surface area contributed by atoms with Crippen LogP contribution in [0.15, 0.2) is 28.6 Å². The van der Waals surface area contributed by atoms with E-state index in [9.17, 15) is 4.79 Å². The van der Waals surface area contributed by atoms with Crippen molar-refractivity contribution >= 4 is 33.3 Å². The Bertz CT molecular complexity index is 738. The SMILES string of the molecule is C/N=C1\NC(=O)C[C@@](C)(c2ccc3scc(OC)c3c2)N1. The highest BCUT2D eigenvalue weighted by Gasteiger charge is 2.35. The average Bonchev–Trinajstić information content (AvgIpc) is 2.88. The van der Waals surface area contributed by atoms with E-state index < -0.39 is 5.54 Å². The lowest BCUT2D eigenvalue weighted by molar-refractivity contribution is -0.121. The van der Waals surface area contributed by atoms with Crippen molar-refractivity contribution in [1.82, 2.24) is 10.6 Å². The first-order valence-electron chi connectivity index (χ1n) is 6.66. The second-order valence-electron chi connectivity index (χ2n) is 5.27. The van der Waals surface area contributed by atoms with Crippen molar-refractivity contribution in [2.45, 2.75) is 18.9 Å². The van der Waals surface area contributed by atoms with Crippen LogP contribution >= 0.6 is 11.3 Å². The fraction of sp³-hybridized carbons (Fsp3) is 0.333. The summed E-state index contributed by atoms with van der Waals surface area (Å²) in [4.78, 5) is 16.0. The van der Waals surface area contributed by atoms with E-state index >= 15 is 0 Å². The van der Waals surface area contributed by atoms with E-state index in [0.717, 1.165) is 16.7 Å². The maximum atomic E-state index is 11.9. The molecule has 0 unspecified atom stereocenters. The van der Waals surface area contributed by atoms with Crippen molar-refractivity contribution in [1.29, 1.82) is 0 Å². The summed E-state index contributed by atoms with van der Waals surface area (Å²) in [7, 11) is 3.32. The number of ether oxygens (including phenoxy) is 1. The predicted octanol–water partition coefficient (Wildman–Crippen LogP) is 2.22. The summed E-state index contributed by atoms with van der Waals surface area (Å²) in [5.41, 5.74) is 0.570. The van der Waals surface area contributed by atoms with Crippen LogP contribution in [0, 0.1) is 0 Å². The van der Waals surface area contributed by atoms with Crippen LogP contribution in [0.5, 0.6) is 5.75 Å². The largest absolute Gasteiger partial charge is 0.495 e. The zero-order chi connectivity index (χ0) is 15.0. The summed E-state index contributed by atoms with van der Waals surface area (Å²) < 4.78 is 6.56. The Morgan fingerprint density at radius 3 is 2.95 bits per heavy atom. The first-order chi connectivity index (χ1) is 10.1. The number of thiophene rings is 1. The molecule has 0 bridgehead atoms. The first kappa shape index (κ1) is 13.9. The van der Waals surface area contributed by atoms with Crippen molar-refractivity contribution in [2.24, 2.45) is 4.99 Å². The number of carbonyl (C=O) groups excluding carboxylic acids is 1. The van der Waals surface area contributed by atoms with Gasteiger partial charge in [0.25, 0.3) is 0 Å². The van der Waals surface area contributed by atoms with Crippen molar-refractivity contribution in [2.75, 3.05) is 14.2 Å². The predicted molar refractivity (Wildman–Crippen MR) is 85.0 cm³/mol. The number of hydrogen-bond donors (Lipinski definition) is 2. The molecule has 110 valence electrons. The topological polar surface area (TPSA) is 62.7 Å². The molecule has 1 aliphatic heterocycles. The number of amides is 1. The molecule has 1 saturated heterocycles. The molecule has 1 atom stereocenters. The smallest absolute Gasteiger partial charge is 0.229 e. The van der Waals surface area contributed by atoms with Gasteiger partial charge in [-0.15, -0.1) is 11.3 Å². The van der Waals surface area contributed by atoms with Gasteiger partial charge < -0.3 is 10.1 Å². The van der Waals surface area contributed by atoms with E-state index in [4.69, 9.17) is 4.74 Å². The number of guanidine groups is 1. The maximum absolute atomic E-state index is 11.9. The number of benzene rings is 1. The Morgan fingerprint density at radius 2 is 2.24 bits per heavy atom. The number of hydrogen-bond acceptors (Lipinski definition) is 4. The second-order valence-corrected chi connectivity index (χ2v) is 6.18. The van der Waals surface area contributed by atoms with Gasteiger partial charge in [-0.05, 0) is 24.6 Å². The van der Waals surface area contributed by atoms with Gasteiger partial charge in [0.05, 0.1) is 19.1 Å². The summed E-state index contributed by atoms with van der Waals surface area (Å²) in [6.45, 7) is 2.01. The lowest BCUT2D eigenvalue weighted by Crippen LogP contribution is -2.58. The summed E-state index contributed by atoms with van der Waals surface area (Å²) in [5.74, 6) is 1.34. The zero-order valence-electron chi connectivity index (χ0n) is 12.2. The summed E-state index contributed by atoms with van der Waals surface area (Å²) >= 11 is 1.65. The molecule has 2 N–H and O–H groups in total. The van der Waals surface area contributed by atoms with Gasteiger partial charge in [0.1, 0.15) is 5.75 Å². The Kier molecular flexibility index (Phi) is 3.33. The van der Waals surface area contributed by atoms with E-state index in [1.54, 1.807) is 25.5 Å². The number of nitrogens with zero attached hydrogens (tertiary/aromatic N) is 1. The first-order valence-corrected chi connectivity index (χ1v) is 7.54. The Balaban J connectivity index is 2.07. The van der Waals surface area contributed by atoms with Crippen LogP contribution in [0.1, 0.15) is 18.9 Å². The van der Waals surface area contributed by atoms with Gasteiger partial charge in [0.2, 0.25) is 5.91 Å². The fourth-order valence-electron chi connectivity index (χ4n) is 2.63. The molecule has 1 fully saturated rings. The fourth-order valence-corrected chi connectivity index (χ4v) is 3.52. The van der Waals surface area contributed by atoms with Crippen LogP contribution in [0.25, 0.3) is 10.1 Å². The van der Waals surface area contributed by atoms with Gasteiger partial charge in [0, 0.05) is 22.5 Å². The van der Waals surface area contributed by atoms with E-state index in [2.05, 4.69) is 33.8 Å². The minimum Gasteiger partial charge on any atom is -0.495 e. The van der Waals surface area contributed by atoms with Gasteiger partial charge in [0.15, 0.2) is 5.96 Å². The highest BCUT2D eigenvalue weighted by molar-refractivity contribution is 7.17. The molecule has 2 aromatic rings. The van der Waals surface area contributed by atoms with Crippen LogP contribution in [0.2, 0.25) is 0 Å². The molecule has 1 amide bonds. The van der Waals surface area contributed by atoms with Crippen molar-refractivity contribution in [3.05, 3.63) is 29.1 Å². The number of aliphatic imine (C=N–C) groups is 1. The quantitative estimate of drug-likeness (QED) is 0.894. The van der Waals surface area contributed by atoms with E-state index in [1.807, 2.05) is 12.3 Å². The zero-order valence-corrected chi connectivity index (χ0v) is 13.0. The van der Waals surface area contributed by atoms with E-state index in [1.165, 1.54) is 4.70 Å². The molecule has 0 radical (unpaired) electrons. The van der Waals surface area contributed by atoms with Crippen molar-refractivity contribution in [3.63, 3.8) is 0 Å². The third-order valence-electron chi connectivity index (χ3n) is 3.78. The van der Waals surface area contributed by atoms with Crippen LogP contribution in [0.3, 0.4) is 0 Å². The standard InChI is InChI=1S/C15H17N3O2S/c1-15(7-13(19)17-14(16-2)18-15)9-4-5-12-10(6-9)11(20-3)8-21-12/h4-6,8H,7H2,1-3H3,(H2,16,17,18,19)/t15-/m0/s1. The van der Waals surface area contributed by atoms with Crippen LogP contribution < -0.4 is 15.4 Å². The van der Waals surface area contributed by atoms with E-state index in [-0.39, 0.29) is 5.91 Å². The summed E-state index contributed by atoms with van der Waals surface area (Å²) in [6.07, 6.45) is 0.365. The molecule has 3 rings (SSSR count). The number of carbonyl (C=O) groups is 1. The minimum absolute atomic E-state index is 0.0331. The van der Waals surface area contributed by atoms with Crippen molar-refractivity contribution < 1.29 is 9.53 Å². The minimum atomic E-state index is -0.474. The number of rotatable bonds is 2. The van der Waals surface area contributed by atoms with Crippen molar-refractivity contribution in [3.8, 4) is 5.75 Å². The molecular formula is C15H17N3O2S. The van der Waals surface area contributed by atoms with Crippen LogP contribution in [0.4, 0.5) is 0 Å². The molecule has 5 nitrogen and oxygen atoms in total. The summed E-state index contributed by atoms with van der Waals surface area (Å²) in [5, 5.41) is 9.09. The molecule has 0 saturated carbocycles. The maximum Gasteiger partial charge on any atom is 0.229 e. The van der Waals surface area contributed by atoms with E-state index in [0.29, 0.717) is 12.4 Å². The Labute approximate surface area is 127 Å². The average molecular weight is 303 g/mol. The lowest BCUT2D eigenvalue weighted by atomic mass is 9.86. The highest BCUT2D eigenvalue weighted by Crippen LogP contribution is 2.36. The number of methoxy groups -OCH3 is 1. The third-order valence-corrected chi connectivity index (χ3v) is 4.73. The van der Waals surface area contributed by atoms with Gasteiger partial charge in [-0.2, -0.15) is 0 Å². The van der Waals surface area contributed by atoms with Crippen LogP contribution in [-0.2, 0) is 10.3 Å². The molecule has 2 heterocycles. The molecule has 0 aliphatic carbocycles. The number of fused-ring (bicyclic) bond motifs is 1. The normalized spacial score (nSPS) is 24.0. The van der Waals surface area contributed by atoms with Gasteiger partial charge in [-0.1, -0.05) is 6.07 Å². The molecular weight excluding hydrogens is 286 g/mol. The molecule has 6 heteroatoms. The van der Waals surface area contributed by atoms with Gasteiger partial charge >= 0.3 is 0 Å².